The molecule has 0 radical (unpaired) electrons. The Morgan fingerprint density at radius 3 is 2.58 bits per heavy atom. The van der Waals surface area contributed by atoms with Gasteiger partial charge in [-0.2, -0.15) is 0 Å². The minimum atomic E-state index is 0.881. The molecule has 0 aromatic heterocycles. The van der Waals surface area contributed by atoms with E-state index in [2.05, 4.69) is 37.2 Å². The topological polar surface area (TPSA) is 15.3 Å². The van der Waals surface area contributed by atoms with Crippen molar-refractivity contribution in [1.82, 2.24) is 10.2 Å². The Balaban J connectivity index is 0.00000154. The van der Waals surface area contributed by atoms with Crippen LogP contribution in [0.1, 0.15) is 59.8 Å². The van der Waals surface area contributed by atoms with Crippen LogP contribution in [0.2, 0.25) is 0 Å². The lowest BCUT2D eigenvalue weighted by Crippen LogP contribution is -2.37. The molecule has 1 N–H and O–H groups in total. The Kier molecular flexibility index (Phi) is 12.5. The Labute approximate surface area is 121 Å². The second-order valence-electron chi connectivity index (χ2n) is 5.75. The fourth-order valence-electron chi connectivity index (χ4n) is 2.53. The zero-order valence-corrected chi connectivity index (χ0v) is 14.0. The van der Waals surface area contributed by atoms with Crippen LogP contribution >= 0.6 is 0 Å². The summed E-state index contributed by atoms with van der Waals surface area (Å²) in [6.07, 6.45) is 9.04. The molecular formula is C17H36N2. The summed E-state index contributed by atoms with van der Waals surface area (Å²) in [6.45, 7) is 13.3. The number of nitrogens with one attached hydrogen (secondary N) is 1. The molecule has 1 unspecified atom stereocenters. The lowest BCUT2D eigenvalue weighted by atomic mass is 9.99. The van der Waals surface area contributed by atoms with Gasteiger partial charge in [0.1, 0.15) is 0 Å². The number of nitrogens with zero attached hydrogens (tertiary/aromatic N) is 1. The van der Waals surface area contributed by atoms with Gasteiger partial charge >= 0.3 is 0 Å². The molecule has 0 aliphatic carbocycles. The highest BCUT2D eigenvalue weighted by Gasteiger charge is 2.14. The van der Waals surface area contributed by atoms with Crippen molar-refractivity contribution in [2.24, 2.45) is 5.92 Å². The summed E-state index contributed by atoms with van der Waals surface area (Å²) < 4.78 is 0. The number of allylic oxidation sites excluding steroid dienone is 2. The fraction of sp³-hybridized carbons (Fsp3) is 0.882. The molecule has 114 valence electrons. The average Bonchev–Trinajstić information content (AvgIpc) is 2.41. The van der Waals surface area contributed by atoms with Crippen molar-refractivity contribution in [3.05, 3.63) is 11.6 Å². The standard InChI is InChI=1S/C15H30N2.C2H6/c1-14(2)8-5-4-6-11-17(3)13-15-9-7-10-16-12-15;1-2/h8,15-16H,4-7,9-13H2,1-3H3;1-2H3. The molecular weight excluding hydrogens is 232 g/mol. The van der Waals surface area contributed by atoms with Crippen LogP contribution in [0, 0.1) is 5.92 Å². The van der Waals surface area contributed by atoms with Gasteiger partial charge in [-0.25, -0.2) is 0 Å². The van der Waals surface area contributed by atoms with Gasteiger partial charge in [0.25, 0.3) is 0 Å². The second kappa shape index (κ2) is 12.7. The van der Waals surface area contributed by atoms with Crippen LogP contribution in [-0.4, -0.2) is 38.1 Å². The van der Waals surface area contributed by atoms with E-state index in [1.54, 1.807) is 0 Å². The van der Waals surface area contributed by atoms with Gasteiger partial charge in [0.05, 0.1) is 0 Å². The van der Waals surface area contributed by atoms with Crippen molar-refractivity contribution in [1.29, 1.82) is 0 Å². The van der Waals surface area contributed by atoms with Crippen LogP contribution in [0.4, 0.5) is 0 Å². The molecule has 19 heavy (non-hydrogen) atoms. The number of hydrogen-bond acceptors (Lipinski definition) is 2. The summed E-state index contributed by atoms with van der Waals surface area (Å²) >= 11 is 0. The van der Waals surface area contributed by atoms with Crippen molar-refractivity contribution in [3.8, 4) is 0 Å². The third-order valence-corrected chi connectivity index (χ3v) is 3.52. The van der Waals surface area contributed by atoms with E-state index in [0.29, 0.717) is 0 Å². The molecule has 0 saturated carbocycles. The highest BCUT2D eigenvalue weighted by atomic mass is 15.1. The summed E-state index contributed by atoms with van der Waals surface area (Å²) in [7, 11) is 2.27. The van der Waals surface area contributed by atoms with Gasteiger partial charge in [0, 0.05) is 6.54 Å². The Bertz CT molecular complexity index is 213. The van der Waals surface area contributed by atoms with Gasteiger partial charge < -0.3 is 10.2 Å². The lowest BCUT2D eigenvalue weighted by molar-refractivity contribution is 0.240. The minimum absolute atomic E-state index is 0.881. The van der Waals surface area contributed by atoms with Gasteiger partial charge in [-0.05, 0) is 78.6 Å². The average molecular weight is 268 g/mol. The van der Waals surface area contributed by atoms with Crippen LogP contribution in [-0.2, 0) is 0 Å². The van der Waals surface area contributed by atoms with Gasteiger partial charge in [-0.1, -0.05) is 25.5 Å². The molecule has 0 bridgehead atoms. The highest BCUT2D eigenvalue weighted by molar-refractivity contribution is 4.92. The Hall–Kier alpha value is -0.340. The third kappa shape index (κ3) is 11.2. The summed E-state index contributed by atoms with van der Waals surface area (Å²) in [5.41, 5.74) is 1.45. The van der Waals surface area contributed by atoms with Crippen molar-refractivity contribution in [3.63, 3.8) is 0 Å². The van der Waals surface area contributed by atoms with E-state index in [1.807, 2.05) is 13.8 Å². The quantitative estimate of drug-likeness (QED) is 0.553. The molecule has 0 amide bonds. The van der Waals surface area contributed by atoms with Gasteiger partial charge in [0.2, 0.25) is 0 Å². The van der Waals surface area contributed by atoms with E-state index in [0.717, 1.165) is 5.92 Å². The van der Waals surface area contributed by atoms with Crippen LogP contribution < -0.4 is 5.32 Å². The van der Waals surface area contributed by atoms with Gasteiger partial charge in [-0.15, -0.1) is 0 Å². The van der Waals surface area contributed by atoms with Gasteiger partial charge in [-0.3, -0.25) is 0 Å². The molecule has 0 spiro atoms. The minimum Gasteiger partial charge on any atom is -0.316 e. The zero-order valence-electron chi connectivity index (χ0n) is 14.0. The SMILES string of the molecule is CC.CC(C)=CCCCCN(C)CC1CCCNC1. The first kappa shape index (κ1) is 18.7. The molecule has 2 nitrogen and oxygen atoms in total. The molecule has 0 aromatic carbocycles. The smallest absolute Gasteiger partial charge is 0.00187 e. The summed E-state index contributed by atoms with van der Waals surface area (Å²) in [6, 6.07) is 0. The predicted molar refractivity (Wildman–Crippen MR) is 87.7 cm³/mol. The second-order valence-corrected chi connectivity index (χ2v) is 5.75. The summed E-state index contributed by atoms with van der Waals surface area (Å²) in [5, 5.41) is 3.49. The zero-order chi connectivity index (χ0) is 14.5. The first-order valence-electron chi connectivity index (χ1n) is 8.21. The molecule has 1 atom stereocenters. The normalized spacial score (nSPS) is 18.7. The lowest BCUT2D eigenvalue weighted by Gasteiger charge is -2.27. The number of piperidine rings is 1. The summed E-state index contributed by atoms with van der Waals surface area (Å²) in [5.74, 6) is 0.881. The third-order valence-electron chi connectivity index (χ3n) is 3.52. The molecule has 2 heteroatoms. The van der Waals surface area contributed by atoms with Crippen LogP contribution in [0.25, 0.3) is 0 Å². The number of hydrogen-bond donors (Lipinski definition) is 1. The molecule has 1 saturated heterocycles. The van der Waals surface area contributed by atoms with Crippen LogP contribution in [0.3, 0.4) is 0 Å². The number of unbranched alkanes of at least 4 members (excludes halogenated alkanes) is 2. The maximum atomic E-state index is 3.49. The Morgan fingerprint density at radius 2 is 2.00 bits per heavy atom. The monoisotopic (exact) mass is 268 g/mol. The van der Waals surface area contributed by atoms with E-state index in [4.69, 9.17) is 0 Å². The molecule has 0 aromatic rings. The largest absolute Gasteiger partial charge is 0.316 e. The maximum absolute atomic E-state index is 3.49. The van der Waals surface area contributed by atoms with Crippen LogP contribution in [0.15, 0.2) is 11.6 Å². The molecule has 1 aliphatic rings. The van der Waals surface area contributed by atoms with Gasteiger partial charge in [0.15, 0.2) is 0 Å². The fourth-order valence-corrected chi connectivity index (χ4v) is 2.53. The first-order valence-corrected chi connectivity index (χ1v) is 8.21. The van der Waals surface area contributed by atoms with Crippen molar-refractivity contribution < 1.29 is 0 Å². The molecule has 1 rings (SSSR count). The van der Waals surface area contributed by atoms with E-state index < -0.39 is 0 Å². The van der Waals surface area contributed by atoms with E-state index >= 15 is 0 Å². The first-order chi connectivity index (χ1) is 9.18. The predicted octanol–water partition coefficient (Wildman–Crippen LogP) is 4.08. The molecule has 1 fully saturated rings. The highest BCUT2D eigenvalue weighted by Crippen LogP contribution is 2.11. The summed E-state index contributed by atoms with van der Waals surface area (Å²) in [4.78, 5) is 2.51. The maximum Gasteiger partial charge on any atom is 0.00187 e. The van der Waals surface area contributed by atoms with Crippen molar-refractivity contribution in [2.45, 2.75) is 59.8 Å². The molecule has 1 heterocycles. The van der Waals surface area contributed by atoms with E-state index in [9.17, 15) is 0 Å². The Morgan fingerprint density at radius 1 is 1.26 bits per heavy atom. The van der Waals surface area contributed by atoms with Crippen molar-refractivity contribution >= 4 is 0 Å². The van der Waals surface area contributed by atoms with Crippen LogP contribution in [0.5, 0.6) is 0 Å². The molecule has 1 aliphatic heterocycles. The van der Waals surface area contributed by atoms with Crippen molar-refractivity contribution in [2.75, 3.05) is 33.2 Å². The number of rotatable bonds is 7. The van der Waals surface area contributed by atoms with E-state index in [-0.39, 0.29) is 0 Å². The van der Waals surface area contributed by atoms with E-state index in [1.165, 1.54) is 63.9 Å².